The Bertz CT molecular complexity index is 1460. The number of nitrogens with zero attached hydrogens (tertiary/aromatic N) is 5. The zero-order valence-electron chi connectivity index (χ0n) is 19.0. The molecule has 0 radical (unpaired) electrons. The van der Waals surface area contributed by atoms with Crippen molar-refractivity contribution in [3.63, 3.8) is 0 Å². The summed E-state index contributed by atoms with van der Waals surface area (Å²) in [7, 11) is 0. The first-order valence-electron chi connectivity index (χ1n) is 11.2. The summed E-state index contributed by atoms with van der Waals surface area (Å²) in [4.78, 5) is 21.0. The van der Waals surface area contributed by atoms with Crippen LogP contribution in [0.1, 0.15) is 21.1 Å². The molecule has 0 bridgehead atoms. The van der Waals surface area contributed by atoms with Gasteiger partial charge in [-0.1, -0.05) is 54.2 Å². The summed E-state index contributed by atoms with van der Waals surface area (Å²) < 4.78 is 16.4. The number of para-hydroxylation sites is 1. The summed E-state index contributed by atoms with van der Waals surface area (Å²) in [5.41, 5.74) is 2.68. The van der Waals surface area contributed by atoms with Crippen molar-refractivity contribution in [1.82, 2.24) is 30.0 Å². The number of carbonyl (C=O) groups excluding carboxylic acids is 1. The van der Waals surface area contributed by atoms with Gasteiger partial charge >= 0.3 is 0 Å². The van der Waals surface area contributed by atoms with Crippen LogP contribution in [-0.2, 0) is 12.2 Å². The highest BCUT2D eigenvalue weighted by Gasteiger charge is 2.19. The van der Waals surface area contributed by atoms with Crippen molar-refractivity contribution in [2.45, 2.75) is 17.3 Å². The van der Waals surface area contributed by atoms with Crippen LogP contribution in [0.25, 0.3) is 17.1 Å². The molecule has 7 nitrogen and oxygen atoms in total. The molecule has 5 rings (SSSR count). The summed E-state index contributed by atoms with van der Waals surface area (Å²) in [6, 6.07) is 20.1. The van der Waals surface area contributed by atoms with Gasteiger partial charge in [-0.15, -0.1) is 21.5 Å². The van der Waals surface area contributed by atoms with E-state index in [2.05, 4.69) is 25.5 Å². The summed E-state index contributed by atoms with van der Waals surface area (Å²) in [6.07, 6.45) is 4.07. The van der Waals surface area contributed by atoms with E-state index >= 15 is 0 Å². The molecule has 0 aliphatic heterocycles. The topological polar surface area (TPSA) is 85.6 Å². The second kappa shape index (κ2) is 11.2. The number of benzene rings is 2. The van der Waals surface area contributed by atoms with E-state index in [-0.39, 0.29) is 11.7 Å². The van der Waals surface area contributed by atoms with Gasteiger partial charge in [0.15, 0.2) is 11.0 Å². The van der Waals surface area contributed by atoms with E-state index in [0.717, 1.165) is 17.0 Å². The molecule has 36 heavy (non-hydrogen) atoms. The summed E-state index contributed by atoms with van der Waals surface area (Å²) in [5.74, 6) is 0.402. The van der Waals surface area contributed by atoms with Crippen molar-refractivity contribution in [3.05, 3.63) is 107 Å². The van der Waals surface area contributed by atoms with Crippen molar-refractivity contribution in [1.29, 1.82) is 0 Å². The number of rotatable bonds is 9. The van der Waals surface area contributed by atoms with Crippen molar-refractivity contribution in [2.75, 3.05) is 6.54 Å². The standard InChI is InChI=1S/C26H21FN6OS2/c27-20-8-4-5-9-22(20)33-24(19-11-13-28-14-12-19)31-32-26(33)36-17-23-30-21(16-35-23)25(34)29-15-10-18-6-2-1-3-7-18/h1-9,11-14,16H,10,15,17H2,(H,29,34). The predicted molar refractivity (Wildman–Crippen MR) is 139 cm³/mol. The van der Waals surface area contributed by atoms with Crippen LogP contribution in [-0.4, -0.2) is 37.2 Å². The van der Waals surface area contributed by atoms with Gasteiger partial charge < -0.3 is 5.32 Å². The lowest BCUT2D eigenvalue weighted by Gasteiger charge is -2.10. The average molecular weight is 517 g/mol. The smallest absolute Gasteiger partial charge is 0.270 e. The number of amides is 1. The van der Waals surface area contributed by atoms with Crippen molar-refractivity contribution < 1.29 is 9.18 Å². The molecule has 0 spiro atoms. The molecule has 0 aliphatic carbocycles. The van der Waals surface area contributed by atoms with Crippen LogP contribution in [0.15, 0.2) is 89.7 Å². The molecule has 180 valence electrons. The molecule has 1 amide bonds. The summed E-state index contributed by atoms with van der Waals surface area (Å²) >= 11 is 2.79. The van der Waals surface area contributed by atoms with E-state index < -0.39 is 0 Å². The Morgan fingerprint density at radius 1 is 1.00 bits per heavy atom. The number of aromatic nitrogens is 5. The second-order valence-electron chi connectivity index (χ2n) is 7.74. The Kier molecular flexibility index (Phi) is 7.44. The summed E-state index contributed by atoms with van der Waals surface area (Å²) in [5, 5.41) is 14.6. The Hall–Kier alpha value is -3.89. The van der Waals surface area contributed by atoms with Crippen molar-refractivity contribution in [2.24, 2.45) is 0 Å². The third-order valence-corrected chi connectivity index (χ3v) is 7.29. The van der Waals surface area contributed by atoms with Crippen molar-refractivity contribution >= 4 is 29.0 Å². The average Bonchev–Trinajstić information content (AvgIpc) is 3.56. The molecule has 0 atom stereocenters. The lowest BCUT2D eigenvalue weighted by molar-refractivity contribution is 0.0949. The quantitative estimate of drug-likeness (QED) is 0.272. The number of pyridine rings is 1. The van der Waals surface area contributed by atoms with Gasteiger partial charge in [0.05, 0.1) is 11.4 Å². The molecular formula is C26H21FN6OS2. The first-order valence-corrected chi connectivity index (χ1v) is 13.1. The second-order valence-corrected chi connectivity index (χ2v) is 9.62. The zero-order valence-corrected chi connectivity index (χ0v) is 20.7. The van der Waals surface area contributed by atoms with Gasteiger partial charge in [0.25, 0.3) is 5.91 Å². The van der Waals surface area contributed by atoms with Crippen LogP contribution in [0, 0.1) is 5.82 Å². The maximum absolute atomic E-state index is 14.7. The van der Waals surface area contributed by atoms with Gasteiger partial charge in [-0.3, -0.25) is 14.3 Å². The van der Waals surface area contributed by atoms with Crippen LogP contribution in [0.4, 0.5) is 4.39 Å². The normalized spacial score (nSPS) is 10.9. The van der Waals surface area contributed by atoms with E-state index in [1.165, 1.54) is 34.7 Å². The minimum atomic E-state index is -0.377. The highest BCUT2D eigenvalue weighted by Crippen LogP contribution is 2.31. The number of thioether (sulfide) groups is 1. The maximum atomic E-state index is 14.7. The molecule has 10 heteroatoms. The number of carbonyl (C=O) groups is 1. The highest BCUT2D eigenvalue weighted by molar-refractivity contribution is 7.98. The molecule has 2 aromatic carbocycles. The predicted octanol–water partition coefficient (Wildman–Crippen LogP) is 5.19. The van der Waals surface area contributed by atoms with Crippen LogP contribution < -0.4 is 5.32 Å². The molecular weight excluding hydrogens is 495 g/mol. The lowest BCUT2D eigenvalue weighted by atomic mass is 10.1. The molecule has 0 fully saturated rings. The van der Waals surface area contributed by atoms with E-state index in [1.54, 1.807) is 52.7 Å². The highest BCUT2D eigenvalue weighted by atomic mass is 32.2. The maximum Gasteiger partial charge on any atom is 0.270 e. The Morgan fingerprint density at radius 3 is 2.58 bits per heavy atom. The number of hydrogen-bond acceptors (Lipinski definition) is 7. The molecule has 0 saturated heterocycles. The number of thiazole rings is 1. The number of halogens is 1. The fourth-order valence-electron chi connectivity index (χ4n) is 3.56. The van der Waals surface area contributed by atoms with E-state index in [0.29, 0.717) is 34.7 Å². The zero-order chi connectivity index (χ0) is 24.7. The minimum absolute atomic E-state index is 0.201. The molecule has 5 aromatic rings. The molecule has 1 N–H and O–H groups in total. The first-order chi connectivity index (χ1) is 17.7. The SMILES string of the molecule is O=C(NCCc1ccccc1)c1csc(CSc2nnc(-c3ccncc3)n2-c2ccccc2F)n1. The summed E-state index contributed by atoms with van der Waals surface area (Å²) in [6.45, 7) is 0.536. The number of nitrogens with one attached hydrogen (secondary N) is 1. The van der Waals surface area contributed by atoms with Crippen LogP contribution in [0.3, 0.4) is 0 Å². The molecule has 0 unspecified atom stereocenters. The van der Waals surface area contributed by atoms with Crippen LogP contribution in [0.2, 0.25) is 0 Å². The van der Waals surface area contributed by atoms with Gasteiger partial charge in [-0.25, -0.2) is 9.37 Å². The molecule has 3 heterocycles. The van der Waals surface area contributed by atoms with Gasteiger partial charge in [-0.2, -0.15) is 0 Å². The van der Waals surface area contributed by atoms with Crippen molar-refractivity contribution in [3.8, 4) is 17.1 Å². The molecule has 3 aromatic heterocycles. The first kappa shape index (κ1) is 23.8. The van der Waals surface area contributed by atoms with Gasteiger partial charge in [0, 0.05) is 29.9 Å². The van der Waals surface area contributed by atoms with E-state index in [9.17, 15) is 9.18 Å². The molecule has 0 aliphatic rings. The van der Waals surface area contributed by atoms with E-state index in [1.807, 2.05) is 30.3 Å². The third-order valence-electron chi connectivity index (χ3n) is 5.32. The number of hydrogen-bond donors (Lipinski definition) is 1. The van der Waals surface area contributed by atoms with Gasteiger partial charge in [-0.05, 0) is 36.2 Å². The van der Waals surface area contributed by atoms with Gasteiger partial charge in [0.2, 0.25) is 0 Å². The lowest BCUT2D eigenvalue weighted by Crippen LogP contribution is -2.26. The van der Waals surface area contributed by atoms with Crippen LogP contribution in [0.5, 0.6) is 0 Å². The Morgan fingerprint density at radius 2 is 1.78 bits per heavy atom. The Balaban J connectivity index is 1.29. The molecule has 0 saturated carbocycles. The Labute approximate surface area is 215 Å². The largest absolute Gasteiger partial charge is 0.350 e. The monoisotopic (exact) mass is 516 g/mol. The van der Waals surface area contributed by atoms with Crippen LogP contribution >= 0.6 is 23.1 Å². The third kappa shape index (κ3) is 5.50. The van der Waals surface area contributed by atoms with E-state index in [4.69, 9.17) is 0 Å². The minimum Gasteiger partial charge on any atom is -0.350 e. The fraction of sp³-hybridized carbons (Fsp3) is 0.115. The fourth-order valence-corrected chi connectivity index (χ4v) is 5.30. The van der Waals surface area contributed by atoms with Gasteiger partial charge in [0.1, 0.15) is 16.5 Å².